The molecular weight excluding hydrogens is 478 g/mol. The Balaban J connectivity index is 1.45. The number of hydrogen-bond donors (Lipinski definition) is 2. The Morgan fingerprint density at radius 1 is 0.971 bits per heavy atom. The number of aromatic nitrogens is 1. The van der Waals surface area contributed by atoms with Gasteiger partial charge in [0, 0.05) is 10.9 Å². The van der Waals surface area contributed by atoms with E-state index in [0.29, 0.717) is 15.7 Å². The van der Waals surface area contributed by atoms with Gasteiger partial charge in [-0.15, -0.1) is 11.3 Å². The van der Waals surface area contributed by atoms with E-state index in [2.05, 4.69) is 46.8 Å². The molecular formula is C28H26ClN3O2S. The minimum Gasteiger partial charge on any atom is -0.345 e. The average Bonchev–Trinajstić information content (AvgIpc) is 3.33. The number of anilines is 1. The molecule has 0 aliphatic rings. The molecule has 0 fully saturated rings. The van der Waals surface area contributed by atoms with Crippen molar-refractivity contribution in [2.45, 2.75) is 32.2 Å². The smallest absolute Gasteiger partial charge is 0.253 e. The minimum atomic E-state index is -0.523. The highest BCUT2D eigenvalue weighted by molar-refractivity contribution is 7.14. The zero-order valence-electron chi connectivity index (χ0n) is 19.3. The van der Waals surface area contributed by atoms with E-state index in [4.69, 9.17) is 11.6 Å². The third-order valence-electron chi connectivity index (χ3n) is 5.55. The molecule has 0 spiro atoms. The summed E-state index contributed by atoms with van der Waals surface area (Å²) >= 11 is 7.57. The van der Waals surface area contributed by atoms with Crippen LogP contribution in [0.5, 0.6) is 0 Å². The first-order chi connectivity index (χ1) is 17.0. The van der Waals surface area contributed by atoms with Crippen molar-refractivity contribution in [2.75, 3.05) is 5.32 Å². The summed E-state index contributed by atoms with van der Waals surface area (Å²) in [7, 11) is 0. The van der Waals surface area contributed by atoms with E-state index in [1.54, 1.807) is 24.3 Å². The molecule has 0 saturated carbocycles. The number of carbonyl (C=O) groups is 2. The first kappa shape index (κ1) is 24.6. The molecule has 178 valence electrons. The maximum atomic E-state index is 12.9. The van der Waals surface area contributed by atoms with Crippen LogP contribution in [0, 0.1) is 0 Å². The second-order valence-electron chi connectivity index (χ2n) is 8.15. The number of benzene rings is 3. The number of carbonyl (C=O) groups excluding carboxylic acids is 2. The predicted octanol–water partition coefficient (Wildman–Crippen LogP) is 6.92. The summed E-state index contributed by atoms with van der Waals surface area (Å²) in [6.45, 7) is 2.16. The molecule has 2 N–H and O–H groups in total. The molecule has 0 bridgehead atoms. The largest absolute Gasteiger partial charge is 0.345 e. The fourth-order valence-corrected chi connectivity index (χ4v) is 4.73. The van der Waals surface area contributed by atoms with Crippen molar-refractivity contribution in [3.63, 3.8) is 0 Å². The fourth-order valence-electron chi connectivity index (χ4n) is 3.77. The van der Waals surface area contributed by atoms with Crippen molar-refractivity contribution in [2.24, 2.45) is 0 Å². The van der Waals surface area contributed by atoms with Gasteiger partial charge in [0.05, 0.1) is 28.7 Å². The van der Waals surface area contributed by atoms with Gasteiger partial charge in [-0.2, -0.15) is 0 Å². The van der Waals surface area contributed by atoms with Gasteiger partial charge in [0.2, 0.25) is 5.91 Å². The average molecular weight is 504 g/mol. The Bertz CT molecular complexity index is 1290. The van der Waals surface area contributed by atoms with Gasteiger partial charge in [0.1, 0.15) is 0 Å². The first-order valence-electron chi connectivity index (χ1n) is 11.5. The molecule has 0 radical (unpaired) electrons. The lowest BCUT2D eigenvalue weighted by Gasteiger charge is -2.19. The van der Waals surface area contributed by atoms with E-state index in [1.807, 2.05) is 35.7 Å². The number of hydrogen-bond acceptors (Lipinski definition) is 4. The molecule has 0 aliphatic heterocycles. The van der Waals surface area contributed by atoms with Gasteiger partial charge in [0.25, 0.3) is 5.91 Å². The van der Waals surface area contributed by atoms with E-state index >= 15 is 0 Å². The van der Waals surface area contributed by atoms with Gasteiger partial charge in [-0.1, -0.05) is 91.7 Å². The Kier molecular flexibility index (Phi) is 8.29. The topological polar surface area (TPSA) is 71.1 Å². The number of nitrogens with one attached hydrogen (secondary N) is 2. The van der Waals surface area contributed by atoms with Crippen LogP contribution in [0.1, 0.15) is 47.3 Å². The zero-order chi connectivity index (χ0) is 24.6. The van der Waals surface area contributed by atoms with Gasteiger partial charge in [-0.3, -0.25) is 9.59 Å². The molecule has 35 heavy (non-hydrogen) atoms. The van der Waals surface area contributed by atoms with Gasteiger partial charge in [-0.05, 0) is 29.7 Å². The van der Waals surface area contributed by atoms with Crippen LogP contribution in [0.25, 0.3) is 11.3 Å². The second-order valence-corrected chi connectivity index (χ2v) is 9.42. The number of rotatable bonds is 9. The Labute approximate surface area is 214 Å². The zero-order valence-corrected chi connectivity index (χ0v) is 20.9. The number of halogens is 1. The molecule has 7 heteroatoms. The van der Waals surface area contributed by atoms with Crippen LogP contribution in [0.4, 0.5) is 5.13 Å². The van der Waals surface area contributed by atoms with Gasteiger partial charge in [0.15, 0.2) is 5.13 Å². The number of thiazole rings is 1. The molecule has 1 heterocycles. The van der Waals surface area contributed by atoms with Crippen LogP contribution in [-0.4, -0.2) is 16.8 Å². The van der Waals surface area contributed by atoms with Crippen molar-refractivity contribution >= 4 is 39.9 Å². The summed E-state index contributed by atoms with van der Waals surface area (Å²) in [5, 5.41) is 8.64. The Morgan fingerprint density at radius 3 is 2.40 bits per heavy atom. The van der Waals surface area contributed by atoms with E-state index in [1.165, 1.54) is 16.9 Å². The van der Waals surface area contributed by atoms with Crippen LogP contribution in [-0.2, 0) is 11.2 Å². The highest BCUT2D eigenvalue weighted by atomic mass is 35.5. The van der Waals surface area contributed by atoms with Crippen LogP contribution < -0.4 is 10.6 Å². The Hall–Kier alpha value is -3.48. The van der Waals surface area contributed by atoms with Crippen LogP contribution >= 0.6 is 22.9 Å². The lowest BCUT2D eigenvalue weighted by Crippen LogP contribution is -2.31. The van der Waals surface area contributed by atoms with E-state index in [-0.39, 0.29) is 18.2 Å². The molecule has 5 nitrogen and oxygen atoms in total. The minimum absolute atomic E-state index is 0.0564. The SMILES string of the molecule is CCCc1ccc(-c2csc(NC(=O)C[C@@H](NC(=O)c3ccccc3Cl)c3ccccc3)n2)cc1. The maximum Gasteiger partial charge on any atom is 0.253 e. The van der Waals surface area contributed by atoms with E-state index < -0.39 is 6.04 Å². The fraction of sp³-hybridized carbons (Fsp3) is 0.179. The summed E-state index contributed by atoms with van der Waals surface area (Å²) in [5.74, 6) is -0.571. The van der Waals surface area contributed by atoms with Crippen LogP contribution in [0.15, 0.2) is 84.2 Å². The standard InChI is InChI=1S/C28H26ClN3O2S/c1-2-8-19-13-15-21(16-14-19)25-18-35-28(31-25)32-26(33)17-24(20-9-4-3-5-10-20)30-27(34)22-11-6-7-12-23(22)29/h3-7,9-16,18,24H,2,8,17H2,1H3,(H,30,34)(H,31,32,33)/t24-/m1/s1. The number of amides is 2. The van der Waals surface area contributed by atoms with Crippen molar-refractivity contribution < 1.29 is 9.59 Å². The predicted molar refractivity (Wildman–Crippen MR) is 143 cm³/mol. The first-order valence-corrected chi connectivity index (χ1v) is 12.7. The van der Waals surface area contributed by atoms with Crippen LogP contribution in [0.3, 0.4) is 0 Å². The molecule has 0 unspecified atom stereocenters. The molecule has 1 aromatic heterocycles. The third-order valence-corrected chi connectivity index (χ3v) is 6.64. The third kappa shape index (κ3) is 6.56. The molecule has 0 aliphatic carbocycles. The molecule has 1 atom stereocenters. The van der Waals surface area contributed by atoms with E-state index in [0.717, 1.165) is 29.7 Å². The monoisotopic (exact) mass is 503 g/mol. The van der Waals surface area contributed by atoms with E-state index in [9.17, 15) is 9.59 Å². The molecule has 4 aromatic rings. The van der Waals surface area contributed by atoms with Gasteiger partial charge in [-0.25, -0.2) is 4.98 Å². The lowest BCUT2D eigenvalue weighted by atomic mass is 10.0. The molecule has 3 aromatic carbocycles. The molecule has 4 rings (SSSR count). The summed E-state index contributed by atoms with van der Waals surface area (Å²) in [4.78, 5) is 30.4. The summed E-state index contributed by atoms with van der Waals surface area (Å²) < 4.78 is 0. The quantitative estimate of drug-likeness (QED) is 0.260. The molecule has 2 amide bonds. The second kappa shape index (κ2) is 11.8. The van der Waals surface area contributed by atoms with Crippen molar-refractivity contribution in [3.05, 3.63) is 106 Å². The number of nitrogens with zero attached hydrogens (tertiary/aromatic N) is 1. The van der Waals surface area contributed by atoms with Crippen molar-refractivity contribution in [1.29, 1.82) is 0 Å². The summed E-state index contributed by atoms with van der Waals surface area (Å²) in [6, 6.07) is 24.1. The highest BCUT2D eigenvalue weighted by Gasteiger charge is 2.21. The van der Waals surface area contributed by atoms with Crippen molar-refractivity contribution in [3.8, 4) is 11.3 Å². The van der Waals surface area contributed by atoms with Crippen LogP contribution in [0.2, 0.25) is 5.02 Å². The number of aryl methyl sites for hydroxylation is 1. The lowest BCUT2D eigenvalue weighted by molar-refractivity contribution is -0.116. The normalized spacial score (nSPS) is 11.6. The van der Waals surface area contributed by atoms with Gasteiger partial charge >= 0.3 is 0 Å². The summed E-state index contributed by atoms with van der Waals surface area (Å²) in [6.07, 6.45) is 2.21. The summed E-state index contributed by atoms with van der Waals surface area (Å²) in [5.41, 5.74) is 4.32. The highest BCUT2D eigenvalue weighted by Crippen LogP contribution is 2.26. The van der Waals surface area contributed by atoms with Crippen molar-refractivity contribution in [1.82, 2.24) is 10.3 Å². The van der Waals surface area contributed by atoms with Gasteiger partial charge < -0.3 is 10.6 Å². The Morgan fingerprint density at radius 2 is 1.69 bits per heavy atom. The maximum absolute atomic E-state index is 12.9. The molecule has 0 saturated heterocycles.